The zero-order valence-corrected chi connectivity index (χ0v) is 20.3. The van der Waals surface area contributed by atoms with E-state index in [9.17, 15) is 9.90 Å². The van der Waals surface area contributed by atoms with Crippen LogP contribution in [-0.4, -0.2) is 90.8 Å². The molecule has 12 nitrogen and oxygen atoms in total. The van der Waals surface area contributed by atoms with Crippen LogP contribution in [0, 0.1) is 0 Å². The van der Waals surface area contributed by atoms with E-state index in [-0.39, 0.29) is 17.9 Å². The molecule has 0 spiro atoms. The van der Waals surface area contributed by atoms with Crippen molar-refractivity contribution in [3.05, 3.63) is 27.9 Å². The van der Waals surface area contributed by atoms with Crippen molar-refractivity contribution >= 4 is 23.1 Å². The number of aryl methyl sites for hydroxylation is 1. The van der Waals surface area contributed by atoms with Crippen molar-refractivity contribution < 1.29 is 14.7 Å². The lowest BCUT2D eigenvalue weighted by atomic mass is 10.2. The Hall–Kier alpha value is -2.64. The number of rotatable bonds is 6. The van der Waals surface area contributed by atoms with Crippen molar-refractivity contribution in [2.45, 2.75) is 46.8 Å². The second kappa shape index (κ2) is 11.8. The molecule has 3 heterocycles. The predicted molar refractivity (Wildman–Crippen MR) is 122 cm³/mol. The molecule has 0 bridgehead atoms. The van der Waals surface area contributed by atoms with E-state index in [1.54, 1.807) is 4.90 Å². The smallest absolute Gasteiger partial charge is 0.294 e. The molecular formula is C19H33N9O3S. The molecule has 2 aromatic rings. The first-order chi connectivity index (χ1) is 15.2. The monoisotopic (exact) mass is 467 g/mol. The quantitative estimate of drug-likeness (QED) is 0.283. The van der Waals surface area contributed by atoms with Crippen LogP contribution in [0.5, 0.6) is 0 Å². The number of thiocarbonyl (C=S) groups is 1. The van der Waals surface area contributed by atoms with E-state index in [4.69, 9.17) is 17.0 Å². The fraction of sp³-hybridized carbons (Fsp3) is 0.684. The summed E-state index contributed by atoms with van der Waals surface area (Å²) in [4.78, 5) is 16.8. The van der Waals surface area contributed by atoms with E-state index < -0.39 is 11.5 Å². The lowest BCUT2D eigenvalue weighted by molar-refractivity contribution is -0.894. The van der Waals surface area contributed by atoms with Gasteiger partial charge in [0.05, 0.1) is 38.0 Å². The lowest BCUT2D eigenvalue weighted by Crippen LogP contribution is -3.11. The van der Waals surface area contributed by atoms with Gasteiger partial charge in [0.2, 0.25) is 0 Å². The molecule has 2 N–H and O–H groups in total. The van der Waals surface area contributed by atoms with Crippen LogP contribution in [0.1, 0.15) is 46.0 Å². The molecule has 1 aliphatic heterocycles. The summed E-state index contributed by atoms with van der Waals surface area (Å²) in [5.41, 5.74) is -0.471. The zero-order valence-electron chi connectivity index (χ0n) is 19.5. The molecule has 178 valence electrons. The topological polar surface area (TPSA) is 134 Å². The minimum atomic E-state index is -0.821. The minimum Gasteiger partial charge on any atom is -0.856 e. The summed E-state index contributed by atoms with van der Waals surface area (Å²) >= 11 is 5.45. The van der Waals surface area contributed by atoms with Crippen LogP contribution < -0.4 is 15.6 Å². The Morgan fingerprint density at radius 1 is 1.28 bits per heavy atom. The maximum absolute atomic E-state index is 12.0. The molecule has 1 saturated heterocycles. The normalized spacial score (nSPS) is 19.1. The maximum atomic E-state index is 12.0. The first kappa shape index (κ1) is 25.6. The molecule has 13 heteroatoms. The first-order valence-corrected chi connectivity index (χ1v) is 11.2. The van der Waals surface area contributed by atoms with Gasteiger partial charge in [-0.05, 0) is 39.8 Å². The third-order valence-electron chi connectivity index (χ3n) is 5.12. The van der Waals surface area contributed by atoms with Gasteiger partial charge in [-0.25, -0.2) is 9.90 Å². The highest BCUT2D eigenvalue weighted by Crippen LogP contribution is 2.14. The fourth-order valence-corrected chi connectivity index (χ4v) is 3.56. The van der Waals surface area contributed by atoms with Gasteiger partial charge in [-0.15, -0.1) is 9.89 Å². The van der Waals surface area contributed by atoms with Crippen molar-refractivity contribution in [1.82, 2.24) is 35.0 Å². The summed E-state index contributed by atoms with van der Waals surface area (Å²) in [7, 11) is 1.45. The number of aromatic amines is 1. The Morgan fingerprint density at radius 2 is 1.88 bits per heavy atom. The van der Waals surface area contributed by atoms with Crippen LogP contribution in [0.15, 0.2) is 16.1 Å². The number of H-pyrrole nitrogens is 1. The number of nitrogens with one attached hydrogen (secondary N) is 2. The zero-order chi connectivity index (χ0) is 23.8. The second-order valence-electron chi connectivity index (χ2n) is 7.63. The molecule has 0 radical (unpaired) electrons. The number of ether oxygens (including phenoxy) is 1. The van der Waals surface area contributed by atoms with Gasteiger partial charge in [0, 0.05) is 26.0 Å². The van der Waals surface area contributed by atoms with E-state index in [1.807, 2.05) is 18.7 Å². The summed E-state index contributed by atoms with van der Waals surface area (Å²) in [6.07, 6.45) is 1.54. The van der Waals surface area contributed by atoms with E-state index in [0.717, 1.165) is 9.47 Å². The Bertz CT molecular complexity index is 948. The number of aromatic nitrogens is 6. The van der Waals surface area contributed by atoms with Gasteiger partial charge in [0.1, 0.15) is 10.7 Å². The van der Waals surface area contributed by atoms with Gasteiger partial charge in [-0.2, -0.15) is 10.2 Å². The van der Waals surface area contributed by atoms with Crippen LogP contribution in [0.2, 0.25) is 0 Å². The van der Waals surface area contributed by atoms with Crippen molar-refractivity contribution in [2.75, 3.05) is 32.7 Å². The van der Waals surface area contributed by atoms with E-state index in [0.29, 0.717) is 23.8 Å². The summed E-state index contributed by atoms with van der Waals surface area (Å²) in [6, 6.07) is 0. The van der Waals surface area contributed by atoms with E-state index in [1.165, 1.54) is 32.9 Å². The van der Waals surface area contributed by atoms with Gasteiger partial charge >= 0.3 is 0 Å². The third kappa shape index (κ3) is 6.68. The minimum absolute atomic E-state index is 0.0545. The van der Waals surface area contributed by atoms with Gasteiger partial charge in [-0.3, -0.25) is 4.79 Å². The highest BCUT2D eigenvalue weighted by molar-refractivity contribution is 7.80. The Labute approximate surface area is 192 Å². The van der Waals surface area contributed by atoms with Crippen molar-refractivity contribution in [3.63, 3.8) is 0 Å². The highest BCUT2D eigenvalue weighted by Gasteiger charge is 2.25. The molecule has 0 aliphatic carbocycles. The number of morpholine rings is 1. The summed E-state index contributed by atoms with van der Waals surface area (Å²) in [5, 5.41) is 29.4. The number of nitrogens with zero attached hydrogens (tertiary/aromatic N) is 7. The molecule has 2 unspecified atom stereocenters. The lowest BCUT2D eigenvalue weighted by Gasteiger charge is -2.36. The Morgan fingerprint density at radius 3 is 2.34 bits per heavy atom. The van der Waals surface area contributed by atoms with Crippen molar-refractivity contribution in [1.29, 1.82) is 0 Å². The van der Waals surface area contributed by atoms with E-state index in [2.05, 4.69) is 46.5 Å². The van der Waals surface area contributed by atoms with Crippen LogP contribution in [0.3, 0.4) is 0 Å². The summed E-state index contributed by atoms with van der Waals surface area (Å²) in [5.74, 6) is -0.821. The van der Waals surface area contributed by atoms with Gasteiger partial charge < -0.3 is 19.6 Å². The molecule has 0 saturated carbocycles. The average Bonchev–Trinajstić information content (AvgIpc) is 3.35. The van der Waals surface area contributed by atoms with Crippen LogP contribution in [0.4, 0.5) is 0 Å². The number of hydrogen-bond acceptors (Lipinski definition) is 8. The van der Waals surface area contributed by atoms with Crippen molar-refractivity contribution in [2.24, 2.45) is 12.1 Å². The van der Waals surface area contributed by atoms with E-state index >= 15 is 0 Å². The largest absolute Gasteiger partial charge is 0.856 e. The molecule has 0 aromatic carbocycles. The highest BCUT2D eigenvalue weighted by atomic mass is 32.1. The maximum Gasteiger partial charge on any atom is 0.294 e. The molecule has 1 fully saturated rings. The molecule has 32 heavy (non-hydrogen) atoms. The Kier molecular flexibility index (Phi) is 9.47. The number of hydrogen-bond donors (Lipinski definition) is 2. The van der Waals surface area contributed by atoms with Gasteiger partial charge in [0.15, 0.2) is 5.69 Å². The molecule has 3 rings (SSSR count). The first-order valence-electron chi connectivity index (χ1n) is 10.8. The van der Waals surface area contributed by atoms with Crippen LogP contribution in [-0.2, 0) is 11.8 Å². The molecule has 0 amide bonds. The molecule has 1 aliphatic rings. The summed E-state index contributed by atoms with van der Waals surface area (Å²) < 4.78 is 6.75. The van der Waals surface area contributed by atoms with Crippen LogP contribution >= 0.6 is 12.2 Å². The average molecular weight is 468 g/mol. The number of quaternary nitrogens is 1. The predicted octanol–water partition coefficient (Wildman–Crippen LogP) is -2.01. The van der Waals surface area contributed by atoms with Crippen LogP contribution in [0.25, 0.3) is 0 Å². The molecular weight excluding hydrogens is 434 g/mol. The second-order valence-corrected chi connectivity index (χ2v) is 8.02. The van der Waals surface area contributed by atoms with Gasteiger partial charge in [-0.1, -0.05) is 12.2 Å². The van der Waals surface area contributed by atoms with Crippen molar-refractivity contribution in [3.8, 4) is 0 Å². The SMILES string of the molecule is CC1CN(C(=S)c2cn(/N=C(\[O-])c3n[nH]n(C)c3=O)nn2)CC(C)O1.CC[NH+](CC)CC. The van der Waals surface area contributed by atoms with Gasteiger partial charge in [0.25, 0.3) is 5.56 Å². The molecule has 2 aromatic heterocycles. The third-order valence-corrected chi connectivity index (χ3v) is 5.59. The summed E-state index contributed by atoms with van der Waals surface area (Å²) in [6.45, 7) is 15.7. The fourth-order valence-electron chi connectivity index (χ4n) is 3.31. The molecule has 2 atom stereocenters. The standard InChI is InChI=1S/C13H18N8O3S.C6H15N/c1-7-4-20(5-8(2)24-7)13(25)9-6-21(18-14-9)16-11(22)10-12(23)19(3)17-15-10;1-4-7(5-2)6-3/h6-8,17H,4-5H2,1-3H3,(H,16,22);4-6H2,1-3H3. The Balaban J connectivity index is 0.000000451.